The quantitative estimate of drug-likeness (QED) is 0.735. The number of aromatic amines is 1. The van der Waals surface area contributed by atoms with Crippen molar-refractivity contribution < 1.29 is 4.74 Å². The predicted octanol–water partition coefficient (Wildman–Crippen LogP) is 1.05. The SMILES string of the molecule is CC1CCC(CSc2n[nH]c(N)n2)O1. The molecule has 0 amide bonds. The molecule has 2 rings (SSSR count). The third kappa shape index (κ3) is 2.39. The van der Waals surface area contributed by atoms with E-state index >= 15 is 0 Å². The lowest BCUT2D eigenvalue weighted by molar-refractivity contribution is 0.0699. The van der Waals surface area contributed by atoms with Gasteiger partial charge < -0.3 is 10.5 Å². The van der Waals surface area contributed by atoms with E-state index in [0.29, 0.717) is 23.3 Å². The van der Waals surface area contributed by atoms with Crippen molar-refractivity contribution in [3.05, 3.63) is 0 Å². The van der Waals surface area contributed by atoms with Crippen molar-refractivity contribution in [2.45, 2.75) is 37.1 Å². The number of hydrogen-bond acceptors (Lipinski definition) is 5. The molecule has 2 atom stereocenters. The first-order valence-corrected chi connectivity index (χ1v) is 5.68. The van der Waals surface area contributed by atoms with Crippen LogP contribution in [0.3, 0.4) is 0 Å². The van der Waals surface area contributed by atoms with Crippen molar-refractivity contribution in [2.24, 2.45) is 0 Å². The summed E-state index contributed by atoms with van der Waals surface area (Å²) in [5, 5.41) is 7.25. The van der Waals surface area contributed by atoms with Crippen molar-refractivity contribution in [3.8, 4) is 0 Å². The number of rotatable bonds is 3. The average molecular weight is 214 g/mol. The Balaban J connectivity index is 1.77. The standard InChI is InChI=1S/C8H14N4OS/c1-5-2-3-6(13-5)4-14-8-10-7(9)11-12-8/h5-6H,2-4H2,1H3,(H3,9,10,11,12). The summed E-state index contributed by atoms with van der Waals surface area (Å²) in [6.45, 7) is 2.11. The van der Waals surface area contributed by atoms with Gasteiger partial charge in [-0.2, -0.15) is 4.98 Å². The van der Waals surface area contributed by atoms with Crippen molar-refractivity contribution in [2.75, 3.05) is 11.5 Å². The van der Waals surface area contributed by atoms with Crippen LogP contribution in [-0.4, -0.2) is 33.1 Å². The maximum absolute atomic E-state index is 5.67. The van der Waals surface area contributed by atoms with Crippen LogP contribution in [0.4, 0.5) is 5.95 Å². The van der Waals surface area contributed by atoms with Crippen molar-refractivity contribution in [1.82, 2.24) is 15.2 Å². The number of nitrogens with two attached hydrogens (primary N) is 1. The van der Waals surface area contributed by atoms with E-state index in [1.165, 1.54) is 0 Å². The first-order chi connectivity index (χ1) is 6.74. The molecular formula is C8H14N4OS. The van der Waals surface area contributed by atoms with Gasteiger partial charge in [-0.15, -0.1) is 5.10 Å². The van der Waals surface area contributed by atoms with Crippen LogP contribution in [-0.2, 0) is 4.74 Å². The van der Waals surface area contributed by atoms with Gasteiger partial charge in [0.05, 0.1) is 12.2 Å². The van der Waals surface area contributed by atoms with E-state index in [0.717, 1.165) is 18.6 Å². The second kappa shape index (κ2) is 4.18. The third-order valence-corrected chi connectivity index (χ3v) is 3.18. The zero-order valence-corrected chi connectivity index (χ0v) is 8.88. The van der Waals surface area contributed by atoms with Crippen LogP contribution in [0, 0.1) is 0 Å². The van der Waals surface area contributed by atoms with Crippen LogP contribution < -0.4 is 5.73 Å². The highest BCUT2D eigenvalue weighted by molar-refractivity contribution is 7.99. The lowest BCUT2D eigenvalue weighted by Gasteiger charge is -2.08. The molecule has 2 heterocycles. The molecule has 0 bridgehead atoms. The Kier molecular flexibility index (Phi) is 2.93. The first-order valence-electron chi connectivity index (χ1n) is 4.70. The topological polar surface area (TPSA) is 76.8 Å². The van der Waals surface area contributed by atoms with Gasteiger partial charge in [0.2, 0.25) is 11.1 Å². The lowest BCUT2D eigenvalue weighted by atomic mass is 10.2. The Hall–Kier alpha value is -0.750. The summed E-state index contributed by atoms with van der Waals surface area (Å²) >= 11 is 1.58. The monoisotopic (exact) mass is 214 g/mol. The minimum absolute atomic E-state index is 0.342. The van der Waals surface area contributed by atoms with E-state index < -0.39 is 0 Å². The van der Waals surface area contributed by atoms with Gasteiger partial charge in [-0.25, -0.2) is 5.10 Å². The molecule has 1 aromatic rings. The Morgan fingerprint density at radius 3 is 3.07 bits per heavy atom. The van der Waals surface area contributed by atoms with E-state index in [-0.39, 0.29) is 0 Å². The zero-order valence-electron chi connectivity index (χ0n) is 8.06. The molecule has 14 heavy (non-hydrogen) atoms. The summed E-state index contributed by atoms with van der Waals surface area (Å²) in [6, 6.07) is 0. The molecule has 1 aliphatic heterocycles. The lowest BCUT2D eigenvalue weighted by Crippen LogP contribution is -2.10. The number of thioether (sulfide) groups is 1. The molecule has 1 saturated heterocycles. The Labute approximate surface area is 86.8 Å². The van der Waals surface area contributed by atoms with E-state index in [4.69, 9.17) is 10.5 Å². The highest BCUT2D eigenvalue weighted by Gasteiger charge is 2.22. The second-order valence-corrected chi connectivity index (χ2v) is 4.45. The summed E-state index contributed by atoms with van der Waals surface area (Å²) in [7, 11) is 0. The third-order valence-electron chi connectivity index (χ3n) is 2.20. The molecule has 0 aliphatic carbocycles. The number of ether oxygens (including phenoxy) is 1. The first kappa shape index (κ1) is 9.79. The number of hydrogen-bond donors (Lipinski definition) is 2. The van der Waals surface area contributed by atoms with Crippen molar-refractivity contribution in [1.29, 1.82) is 0 Å². The van der Waals surface area contributed by atoms with Gasteiger partial charge in [0.1, 0.15) is 0 Å². The predicted molar refractivity (Wildman–Crippen MR) is 55.1 cm³/mol. The molecule has 6 heteroatoms. The molecule has 0 radical (unpaired) electrons. The van der Waals surface area contributed by atoms with E-state index in [9.17, 15) is 0 Å². The summed E-state index contributed by atoms with van der Waals surface area (Å²) in [5.74, 6) is 1.27. The molecule has 1 fully saturated rings. The van der Waals surface area contributed by atoms with Crippen LogP contribution in [0.1, 0.15) is 19.8 Å². The molecule has 3 N–H and O–H groups in total. The van der Waals surface area contributed by atoms with Crippen LogP contribution in [0.25, 0.3) is 0 Å². The van der Waals surface area contributed by atoms with Gasteiger partial charge >= 0.3 is 0 Å². The number of H-pyrrole nitrogens is 1. The van der Waals surface area contributed by atoms with Crippen LogP contribution in [0.15, 0.2) is 5.16 Å². The van der Waals surface area contributed by atoms with Gasteiger partial charge in [-0.1, -0.05) is 11.8 Å². The fourth-order valence-electron chi connectivity index (χ4n) is 1.50. The van der Waals surface area contributed by atoms with Crippen molar-refractivity contribution in [3.63, 3.8) is 0 Å². The summed E-state index contributed by atoms with van der Waals surface area (Å²) in [5.41, 5.74) is 5.41. The summed E-state index contributed by atoms with van der Waals surface area (Å²) in [4.78, 5) is 4.01. The summed E-state index contributed by atoms with van der Waals surface area (Å²) in [6.07, 6.45) is 3.03. The average Bonchev–Trinajstić information content (AvgIpc) is 2.72. The maximum atomic E-state index is 5.67. The van der Waals surface area contributed by atoms with Gasteiger partial charge in [0, 0.05) is 5.75 Å². The molecule has 0 spiro atoms. The molecule has 2 unspecified atom stereocenters. The zero-order chi connectivity index (χ0) is 9.97. The van der Waals surface area contributed by atoms with Crippen LogP contribution in [0.2, 0.25) is 0 Å². The Bertz CT molecular complexity index is 303. The molecule has 1 aromatic heterocycles. The molecule has 0 saturated carbocycles. The maximum Gasteiger partial charge on any atom is 0.216 e. The highest BCUT2D eigenvalue weighted by atomic mass is 32.2. The molecule has 78 valence electrons. The minimum atomic E-state index is 0.342. The number of nitrogens with one attached hydrogen (secondary N) is 1. The van der Waals surface area contributed by atoms with E-state index in [2.05, 4.69) is 22.1 Å². The van der Waals surface area contributed by atoms with E-state index in [1.807, 2.05) is 0 Å². The normalized spacial score (nSPS) is 26.9. The van der Waals surface area contributed by atoms with Crippen LogP contribution in [0.5, 0.6) is 0 Å². The number of nitrogens with zero attached hydrogens (tertiary/aromatic N) is 2. The Morgan fingerprint density at radius 1 is 1.64 bits per heavy atom. The minimum Gasteiger partial charge on any atom is -0.374 e. The summed E-state index contributed by atoms with van der Waals surface area (Å²) < 4.78 is 5.67. The molecule has 5 nitrogen and oxygen atoms in total. The van der Waals surface area contributed by atoms with Crippen LogP contribution >= 0.6 is 11.8 Å². The fraction of sp³-hybridized carbons (Fsp3) is 0.750. The van der Waals surface area contributed by atoms with Gasteiger partial charge in [0.15, 0.2) is 0 Å². The van der Waals surface area contributed by atoms with Crippen molar-refractivity contribution >= 4 is 17.7 Å². The van der Waals surface area contributed by atoms with Gasteiger partial charge in [0.25, 0.3) is 0 Å². The second-order valence-electron chi connectivity index (χ2n) is 3.46. The molecular weight excluding hydrogens is 200 g/mol. The largest absolute Gasteiger partial charge is 0.374 e. The Morgan fingerprint density at radius 2 is 2.50 bits per heavy atom. The smallest absolute Gasteiger partial charge is 0.216 e. The fourth-order valence-corrected chi connectivity index (χ4v) is 2.35. The number of nitrogen functional groups attached to an aromatic ring is 1. The number of anilines is 1. The molecule has 0 aromatic carbocycles. The van der Waals surface area contributed by atoms with E-state index in [1.54, 1.807) is 11.8 Å². The molecule has 1 aliphatic rings. The number of aromatic nitrogens is 3. The highest BCUT2D eigenvalue weighted by Crippen LogP contribution is 2.24. The van der Waals surface area contributed by atoms with Gasteiger partial charge in [-0.3, -0.25) is 0 Å². The van der Waals surface area contributed by atoms with Gasteiger partial charge in [-0.05, 0) is 19.8 Å².